The Kier molecular flexibility index (Phi) is 4.40. The molecule has 0 atom stereocenters. The van der Waals surface area contributed by atoms with Gasteiger partial charge in [0.1, 0.15) is 23.7 Å². The first-order valence-corrected chi connectivity index (χ1v) is 9.49. The van der Waals surface area contributed by atoms with E-state index in [4.69, 9.17) is 9.26 Å². The first-order chi connectivity index (χ1) is 14.7. The maximum atomic E-state index is 12.6. The number of fused-ring (bicyclic) bond motifs is 3. The van der Waals surface area contributed by atoms with Crippen molar-refractivity contribution in [1.29, 1.82) is 0 Å². The molecule has 0 fully saturated rings. The minimum Gasteiger partial charge on any atom is -0.488 e. The van der Waals surface area contributed by atoms with Crippen LogP contribution in [-0.4, -0.2) is 16.2 Å². The molecule has 7 heteroatoms. The summed E-state index contributed by atoms with van der Waals surface area (Å²) in [6.45, 7) is 2.21. The van der Waals surface area contributed by atoms with E-state index in [9.17, 15) is 4.79 Å². The highest BCUT2D eigenvalue weighted by atomic mass is 16.5. The fraction of sp³-hybridized carbons (Fsp3) is 0.0870. The molecule has 4 aromatic rings. The molecular weight excluding hydrogens is 380 g/mol. The number of aromatic nitrogens is 2. The summed E-state index contributed by atoms with van der Waals surface area (Å²) < 4.78 is 11.1. The van der Waals surface area contributed by atoms with Crippen molar-refractivity contribution in [1.82, 2.24) is 10.1 Å². The lowest BCUT2D eigenvalue weighted by atomic mass is 9.99. The lowest BCUT2D eigenvalue weighted by molar-refractivity contribution is 0.262. The van der Waals surface area contributed by atoms with Gasteiger partial charge in [0.15, 0.2) is 5.76 Å². The van der Waals surface area contributed by atoms with Gasteiger partial charge in [-0.25, -0.2) is 4.79 Å². The Hall–Kier alpha value is -4.13. The van der Waals surface area contributed by atoms with Gasteiger partial charge in [0.25, 0.3) is 0 Å². The molecule has 2 aromatic carbocycles. The van der Waals surface area contributed by atoms with Crippen molar-refractivity contribution in [2.75, 3.05) is 10.6 Å². The number of nitrogens with one attached hydrogen (secondary N) is 2. The number of aryl methyl sites for hydroxylation is 1. The number of carbonyl (C=O) groups is 1. The quantitative estimate of drug-likeness (QED) is 0.492. The van der Waals surface area contributed by atoms with E-state index in [0.29, 0.717) is 29.4 Å². The third kappa shape index (κ3) is 3.26. The van der Waals surface area contributed by atoms with E-state index in [-0.39, 0.29) is 6.03 Å². The molecule has 5 rings (SSSR count). The number of carbonyl (C=O) groups excluding carboxylic acids is 1. The fourth-order valence-corrected chi connectivity index (χ4v) is 3.49. The molecule has 3 heterocycles. The molecule has 7 nitrogen and oxygen atoms in total. The number of anilines is 2. The molecule has 1 aliphatic heterocycles. The molecule has 0 saturated carbocycles. The van der Waals surface area contributed by atoms with Crippen LogP contribution in [0.15, 0.2) is 71.5 Å². The van der Waals surface area contributed by atoms with Gasteiger partial charge in [0.05, 0.1) is 0 Å². The highest BCUT2D eigenvalue weighted by molar-refractivity contribution is 6.02. The largest absolute Gasteiger partial charge is 0.488 e. The minimum absolute atomic E-state index is 0.390. The minimum atomic E-state index is -0.390. The van der Waals surface area contributed by atoms with E-state index in [1.165, 1.54) is 0 Å². The summed E-state index contributed by atoms with van der Waals surface area (Å²) in [5.74, 6) is 1.25. The first kappa shape index (κ1) is 17.9. The van der Waals surface area contributed by atoms with E-state index in [0.717, 1.165) is 28.0 Å². The van der Waals surface area contributed by atoms with Crippen LogP contribution in [0.25, 0.3) is 22.4 Å². The van der Waals surface area contributed by atoms with Crippen LogP contribution in [0, 0.1) is 6.92 Å². The topological polar surface area (TPSA) is 89.3 Å². The lowest BCUT2D eigenvalue weighted by Crippen LogP contribution is -2.20. The molecule has 0 unspecified atom stereocenters. The van der Waals surface area contributed by atoms with Crippen molar-refractivity contribution in [2.24, 2.45) is 0 Å². The molecule has 0 spiro atoms. The zero-order valence-electron chi connectivity index (χ0n) is 16.2. The van der Waals surface area contributed by atoms with Crippen molar-refractivity contribution in [3.8, 4) is 28.1 Å². The first-order valence-electron chi connectivity index (χ1n) is 9.49. The third-order valence-electron chi connectivity index (χ3n) is 4.96. The number of ether oxygens (including phenoxy) is 1. The fourth-order valence-electron chi connectivity index (χ4n) is 3.49. The smallest absolute Gasteiger partial charge is 0.323 e. The van der Waals surface area contributed by atoms with E-state index in [1.54, 1.807) is 13.1 Å². The second kappa shape index (κ2) is 7.36. The predicted octanol–water partition coefficient (Wildman–Crippen LogP) is 5.25. The van der Waals surface area contributed by atoms with Crippen LogP contribution in [0.3, 0.4) is 0 Å². The van der Waals surface area contributed by atoms with Crippen LogP contribution in [0.5, 0.6) is 5.75 Å². The summed E-state index contributed by atoms with van der Waals surface area (Å²) in [5, 5.41) is 9.78. The van der Waals surface area contributed by atoms with Crippen LogP contribution < -0.4 is 15.4 Å². The maximum Gasteiger partial charge on any atom is 0.323 e. The number of pyridine rings is 1. The molecule has 2 aromatic heterocycles. The average Bonchev–Trinajstić information content (AvgIpc) is 3.14. The number of amides is 2. The summed E-state index contributed by atoms with van der Waals surface area (Å²) in [6.07, 6.45) is 3.57. The van der Waals surface area contributed by atoms with E-state index in [2.05, 4.69) is 20.8 Å². The Morgan fingerprint density at radius 2 is 1.90 bits per heavy atom. The van der Waals surface area contributed by atoms with Crippen molar-refractivity contribution < 1.29 is 14.1 Å². The van der Waals surface area contributed by atoms with E-state index in [1.807, 2.05) is 60.8 Å². The van der Waals surface area contributed by atoms with Crippen molar-refractivity contribution in [3.05, 3.63) is 78.3 Å². The monoisotopic (exact) mass is 398 g/mol. The van der Waals surface area contributed by atoms with Gasteiger partial charge in [-0.1, -0.05) is 35.5 Å². The summed E-state index contributed by atoms with van der Waals surface area (Å²) in [7, 11) is 0. The van der Waals surface area contributed by atoms with Crippen molar-refractivity contribution in [2.45, 2.75) is 13.5 Å². The second-order valence-electron chi connectivity index (χ2n) is 6.94. The number of rotatable bonds is 3. The highest BCUT2D eigenvalue weighted by Crippen LogP contribution is 2.38. The van der Waals surface area contributed by atoms with Crippen LogP contribution in [0.4, 0.5) is 16.2 Å². The zero-order valence-corrected chi connectivity index (χ0v) is 16.2. The van der Waals surface area contributed by atoms with Gasteiger partial charge >= 0.3 is 6.03 Å². The Morgan fingerprint density at radius 3 is 2.77 bits per heavy atom. The van der Waals surface area contributed by atoms with Crippen LogP contribution in [-0.2, 0) is 6.61 Å². The molecule has 0 saturated heterocycles. The molecule has 148 valence electrons. The molecule has 0 aliphatic carbocycles. The van der Waals surface area contributed by atoms with Gasteiger partial charge in [-0.15, -0.1) is 0 Å². The van der Waals surface area contributed by atoms with Gasteiger partial charge in [0, 0.05) is 40.8 Å². The third-order valence-corrected chi connectivity index (χ3v) is 4.96. The predicted molar refractivity (Wildman–Crippen MR) is 113 cm³/mol. The Bertz CT molecular complexity index is 1230. The van der Waals surface area contributed by atoms with Gasteiger partial charge in [-0.05, 0) is 30.7 Å². The average molecular weight is 398 g/mol. The molecule has 0 bridgehead atoms. The normalized spacial score (nSPS) is 11.8. The van der Waals surface area contributed by atoms with Crippen LogP contribution >= 0.6 is 0 Å². The van der Waals surface area contributed by atoms with Gasteiger partial charge in [0.2, 0.25) is 0 Å². The zero-order chi connectivity index (χ0) is 20.5. The number of nitrogens with zero attached hydrogens (tertiary/aromatic N) is 2. The SMILES string of the molecule is Cc1onc(-c2ccccc2)c1NC(=O)Nc1ccc2c(c1)OCc1cnccc1-2. The molecule has 30 heavy (non-hydrogen) atoms. The number of benzene rings is 2. The molecular formula is C23H18N4O3. The summed E-state index contributed by atoms with van der Waals surface area (Å²) >= 11 is 0. The molecule has 1 aliphatic rings. The molecule has 0 radical (unpaired) electrons. The number of hydrogen-bond donors (Lipinski definition) is 2. The highest BCUT2D eigenvalue weighted by Gasteiger charge is 2.19. The van der Waals surface area contributed by atoms with Gasteiger partial charge in [-0.3, -0.25) is 4.98 Å². The summed E-state index contributed by atoms with van der Waals surface area (Å²) in [4.78, 5) is 16.8. The van der Waals surface area contributed by atoms with Crippen molar-refractivity contribution in [3.63, 3.8) is 0 Å². The Labute approximate surface area is 172 Å². The molecule has 2 N–H and O–H groups in total. The van der Waals surface area contributed by atoms with Gasteiger partial charge in [-0.2, -0.15) is 0 Å². The summed E-state index contributed by atoms with van der Waals surface area (Å²) in [5.41, 5.74) is 5.72. The lowest BCUT2D eigenvalue weighted by Gasteiger charge is -2.21. The van der Waals surface area contributed by atoms with Crippen LogP contribution in [0.2, 0.25) is 0 Å². The number of urea groups is 1. The van der Waals surface area contributed by atoms with Crippen LogP contribution in [0.1, 0.15) is 11.3 Å². The van der Waals surface area contributed by atoms with Gasteiger partial charge < -0.3 is 19.9 Å². The maximum absolute atomic E-state index is 12.6. The van der Waals surface area contributed by atoms with E-state index < -0.39 is 0 Å². The summed E-state index contributed by atoms with van der Waals surface area (Å²) in [6, 6.07) is 16.7. The van der Waals surface area contributed by atoms with E-state index >= 15 is 0 Å². The Morgan fingerprint density at radius 1 is 1.03 bits per heavy atom. The standard InChI is InChI=1S/C23H18N4O3/c1-14-21(22(27-30-14)15-5-3-2-4-6-15)26-23(28)25-17-7-8-19-18-9-10-24-12-16(18)13-29-20(19)11-17/h2-12H,13H2,1H3,(H2,25,26,28). The van der Waals surface area contributed by atoms with Crippen molar-refractivity contribution >= 4 is 17.4 Å². The number of hydrogen-bond acceptors (Lipinski definition) is 5. The Balaban J connectivity index is 1.36. The molecule has 2 amide bonds. The second-order valence-corrected chi connectivity index (χ2v) is 6.94.